The number of carbonyl (C=O) groups is 2. The fraction of sp³-hybridized carbons (Fsp3) is 0.875. The van der Waals surface area contributed by atoms with Crippen LogP contribution in [-0.4, -0.2) is 37.4 Å². The molecule has 5 heteroatoms. The van der Waals surface area contributed by atoms with Crippen LogP contribution in [0.4, 0.5) is 0 Å². The third-order valence-corrected chi connectivity index (χ3v) is 6.11. The summed E-state index contributed by atoms with van der Waals surface area (Å²) in [7, 11) is 0. The average Bonchev–Trinajstić information content (AvgIpc) is 3.03. The van der Waals surface area contributed by atoms with E-state index >= 15 is 0 Å². The summed E-state index contributed by atoms with van der Waals surface area (Å²) in [6, 6.07) is 0. The van der Waals surface area contributed by atoms with E-state index in [0.29, 0.717) is 25.0 Å². The fourth-order valence-corrected chi connectivity index (χ4v) is 5.27. The summed E-state index contributed by atoms with van der Waals surface area (Å²) in [4.78, 5) is 23.8. The second-order valence-electron chi connectivity index (χ2n) is 7.05. The molecule has 2 aliphatic heterocycles. The SMILES string of the molecule is C[C@H]1OC(=O)[C@@H]2C[C@@H]3CC4(CCC3[C@H](C=O)[C@H]12)OCCO4. The van der Waals surface area contributed by atoms with E-state index in [1.54, 1.807) is 0 Å². The molecular formula is C16H22O5. The van der Waals surface area contributed by atoms with E-state index in [9.17, 15) is 9.59 Å². The zero-order valence-corrected chi connectivity index (χ0v) is 12.3. The quantitative estimate of drug-likeness (QED) is 0.542. The predicted octanol–water partition coefficient (Wildman–Crippen LogP) is 1.54. The van der Waals surface area contributed by atoms with Crippen molar-refractivity contribution in [3.8, 4) is 0 Å². The third kappa shape index (κ3) is 1.97. The van der Waals surface area contributed by atoms with Crippen LogP contribution in [0.15, 0.2) is 0 Å². The molecule has 0 aromatic carbocycles. The van der Waals surface area contributed by atoms with E-state index in [4.69, 9.17) is 14.2 Å². The zero-order chi connectivity index (χ0) is 14.6. The number of carbonyl (C=O) groups excluding carboxylic acids is 2. The Hall–Kier alpha value is -0.940. The van der Waals surface area contributed by atoms with Crippen LogP contribution in [0.25, 0.3) is 0 Å². The van der Waals surface area contributed by atoms with Gasteiger partial charge >= 0.3 is 5.97 Å². The van der Waals surface area contributed by atoms with E-state index in [1.807, 2.05) is 6.92 Å². The van der Waals surface area contributed by atoms with Crippen LogP contribution in [0.2, 0.25) is 0 Å². The number of hydrogen-bond acceptors (Lipinski definition) is 5. The topological polar surface area (TPSA) is 61.8 Å². The van der Waals surface area contributed by atoms with Crippen LogP contribution < -0.4 is 0 Å². The first kappa shape index (κ1) is 13.7. The van der Waals surface area contributed by atoms with Crippen molar-refractivity contribution < 1.29 is 23.8 Å². The van der Waals surface area contributed by atoms with Gasteiger partial charge in [0, 0.05) is 24.7 Å². The van der Waals surface area contributed by atoms with Gasteiger partial charge in [0.15, 0.2) is 5.79 Å². The molecular weight excluding hydrogens is 272 g/mol. The molecule has 21 heavy (non-hydrogen) atoms. The molecule has 0 amide bonds. The first-order valence-corrected chi connectivity index (χ1v) is 8.07. The van der Waals surface area contributed by atoms with Crippen LogP contribution in [-0.2, 0) is 23.8 Å². The monoisotopic (exact) mass is 294 g/mol. The molecule has 4 rings (SSSR count). The predicted molar refractivity (Wildman–Crippen MR) is 72.2 cm³/mol. The first-order valence-electron chi connectivity index (χ1n) is 8.07. The van der Waals surface area contributed by atoms with Gasteiger partial charge in [-0.2, -0.15) is 0 Å². The zero-order valence-electron chi connectivity index (χ0n) is 12.3. The van der Waals surface area contributed by atoms with Crippen molar-refractivity contribution in [2.75, 3.05) is 13.2 Å². The number of fused-ring (bicyclic) bond motifs is 2. The van der Waals surface area contributed by atoms with Crippen LogP contribution in [0.1, 0.15) is 32.6 Å². The van der Waals surface area contributed by atoms with Gasteiger partial charge in [0.25, 0.3) is 0 Å². The van der Waals surface area contributed by atoms with E-state index in [0.717, 1.165) is 32.0 Å². The van der Waals surface area contributed by atoms with Gasteiger partial charge in [-0.3, -0.25) is 4.79 Å². The highest BCUT2D eigenvalue weighted by molar-refractivity contribution is 5.76. The molecule has 1 spiro atoms. The molecule has 116 valence electrons. The molecule has 4 fully saturated rings. The van der Waals surface area contributed by atoms with Gasteiger partial charge in [0.2, 0.25) is 0 Å². The Morgan fingerprint density at radius 2 is 2.05 bits per heavy atom. The Kier molecular flexibility index (Phi) is 3.12. The smallest absolute Gasteiger partial charge is 0.309 e. The van der Waals surface area contributed by atoms with E-state index < -0.39 is 5.79 Å². The van der Waals surface area contributed by atoms with E-state index in [1.165, 1.54) is 0 Å². The molecule has 4 aliphatic rings. The normalized spacial score (nSPS) is 47.8. The highest BCUT2D eigenvalue weighted by Crippen LogP contribution is 2.55. The Bertz CT molecular complexity index is 456. The summed E-state index contributed by atoms with van der Waals surface area (Å²) in [5.74, 6) is -0.0103. The van der Waals surface area contributed by atoms with Crippen LogP contribution in [0.5, 0.6) is 0 Å². The van der Waals surface area contributed by atoms with Crippen molar-refractivity contribution in [3.63, 3.8) is 0 Å². The van der Waals surface area contributed by atoms with Crippen molar-refractivity contribution in [1.82, 2.24) is 0 Å². The maximum Gasteiger partial charge on any atom is 0.309 e. The third-order valence-electron chi connectivity index (χ3n) is 6.11. The summed E-state index contributed by atoms with van der Waals surface area (Å²) in [5.41, 5.74) is 0. The lowest BCUT2D eigenvalue weighted by Gasteiger charge is -2.48. The van der Waals surface area contributed by atoms with E-state index in [2.05, 4.69) is 0 Å². The summed E-state index contributed by atoms with van der Waals surface area (Å²) in [6.07, 6.45) is 4.37. The van der Waals surface area contributed by atoms with Gasteiger partial charge in [-0.25, -0.2) is 0 Å². The van der Waals surface area contributed by atoms with Gasteiger partial charge in [-0.05, 0) is 31.6 Å². The van der Waals surface area contributed by atoms with Crippen LogP contribution in [0, 0.1) is 29.6 Å². The molecule has 2 aliphatic carbocycles. The minimum atomic E-state index is -0.449. The number of ether oxygens (including phenoxy) is 3. The van der Waals surface area contributed by atoms with Gasteiger partial charge in [0.05, 0.1) is 19.1 Å². The lowest BCUT2D eigenvalue weighted by atomic mass is 9.57. The van der Waals surface area contributed by atoms with Crippen molar-refractivity contribution in [3.05, 3.63) is 0 Å². The molecule has 6 atom stereocenters. The lowest BCUT2D eigenvalue weighted by Crippen LogP contribution is -2.49. The van der Waals surface area contributed by atoms with Gasteiger partial charge in [0.1, 0.15) is 12.4 Å². The highest BCUT2D eigenvalue weighted by Gasteiger charge is 2.57. The van der Waals surface area contributed by atoms with Gasteiger partial charge in [-0.15, -0.1) is 0 Å². The number of cyclic esters (lactones) is 1. The second-order valence-corrected chi connectivity index (χ2v) is 7.05. The Morgan fingerprint density at radius 3 is 2.76 bits per heavy atom. The minimum absolute atomic E-state index is 0.0612. The summed E-state index contributed by atoms with van der Waals surface area (Å²) >= 11 is 0. The van der Waals surface area contributed by atoms with E-state index in [-0.39, 0.29) is 29.8 Å². The van der Waals surface area contributed by atoms with Crippen molar-refractivity contribution in [1.29, 1.82) is 0 Å². The van der Waals surface area contributed by atoms with Gasteiger partial charge in [-0.1, -0.05) is 0 Å². The summed E-state index contributed by atoms with van der Waals surface area (Å²) in [6.45, 7) is 3.23. The molecule has 2 saturated carbocycles. The van der Waals surface area contributed by atoms with Crippen LogP contribution >= 0.6 is 0 Å². The molecule has 0 aromatic rings. The number of aldehydes is 1. The first-order chi connectivity index (χ1) is 10.1. The second kappa shape index (κ2) is 4.78. The number of esters is 1. The standard InChI is InChI=1S/C16H22O5/c1-9-14-12(15(18)21-9)6-10-7-16(19-4-5-20-16)3-2-11(10)13(14)8-17/h8-14H,2-7H2,1H3/t9-,10-,11?,12-,13+,14-/m1/s1. The molecule has 2 saturated heterocycles. The Morgan fingerprint density at radius 1 is 1.29 bits per heavy atom. The Labute approximate surface area is 124 Å². The molecule has 5 nitrogen and oxygen atoms in total. The highest BCUT2D eigenvalue weighted by atomic mass is 16.7. The van der Waals surface area contributed by atoms with Crippen LogP contribution in [0.3, 0.4) is 0 Å². The largest absolute Gasteiger partial charge is 0.462 e. The number of rotatable bonds is 1. The van der Waals surface area contributed by atoms with Crippen molar-refractivity contribution in [2.45, 2.75) is 44.5 Å². The molecule has 0 N–H and O–H groups in total. The minimum Gasteiger partial charge on any atom is -0.462 e. The van der Waals surface area contributed by atoms with Crippen molar-refractivity contribution >= 4 is 12.3 Å². The molecule has 0 aromatic heterocycles. The Balaban J connectivity index is 1.61. The molecule has 0 radical (unpaired) electrons. The summed E-state index contributed by atoms with van der Waals surface area (Å²) in [5, 5.41) is 0. The summed E-state index contributed by atoms with van der Waals surface area (Å²) < 4.78 is 17.1. The van der Waals surface area contributed by atoms with Gasteiger partial charge < -0.3 is 19.0 Å². The maximum absolute atomic E-state index is 12.1. The number of hydrogen-bond donors (Lipinski definition) is 0. The van der Waals surface area contributed by atoms with Crippen molar-refractivity contribution in [2.24, 2.45) is 29.6 Å². The maximum atomic E-state index is 12.1. The average molecular weight is 294 g/mol. The molecule has 1 unspecified atom stereocenters. The fourth-order valence-electron chi connectivity index (χ4n) is 5.27. The molecule has 2 heterocycles. The molecule has 0 bridgehead atoms. The lowest BCUT2D eigenvalue weighted by molar-refractivity contribution is -0.206.